The molecule has 0 aliphatic heterocycles. The van der Waals surface area contributed by atoms with E-state index >= 15 is 0 Å². The Hall–Kier alpha value is -1.04. The van der Waals surface area contributed by atoms with Gasteiger partial charge in [-0.15, -0.1) is 12.4 Å². The van der Waals surface area contributed by atoms with Gasteiger partial charge in [-0.05, 0) is 19.3 Å². The van der Waals surface area contributed by atoms with Crippen LogP contribution < -0.4 is 16.8 Å². The summed E-state index contributed by atoms with van der Waals surface area (Å²) in [5, 5.41) is 9.29. The van der Waals surface area contributed by atoms with E-state index in [9.17, 15) is 4.39 Å². The molecule has 90 valence electrons. The maximum Gasteiger partial charge on any atom is 0.195 e. The molecule has 0 bridgehead atoms. The predicted molar refractivity (Wildman–Crippen MR) is 63.2 cm³/mol. The predicted octanol–water partition coefficient (Wildman–Crippen LogP) is 0.734. The van der Waals surface area contributed by atoms with Gasteiger partial charge in [0.25, 0.3) is 0 Å². The molecule has 0 aromatic carbocycles. The molecule has 5 nitrogen and oxygen atoms in total. The average Bonchev–Trinajstić information content (AvgIpc) is 2.10. The summed E-state index contributed by atoms with van der Waals surface area (Å²) in [6, 6.07) is -0.00222. The Morgan fingerprint density at radius 1 is 1.53 bits per heavy atom. The molecule has 0 amide bonds. The fourth-order valence-corrected chi connectivity index (χ4v) is 1.04. The van der Waals surface area contributed by atoms with Gasteiger partial charge in [0, 0.05) is 0 Å². The minimum atomic E-state index is -0.341. The summed E-state index contributed by atoms with van der Waals surface area (Å²) in [5.74, 6) is -0.130. The molecule has 0 rings (SSSR count). The van der Waals surface area contributed by atoms with Crippen molar-refractivity contribution in [3.63, 3.8) is 0 Å². The molecule has 0 spiro atoms. The van der Waals surface area contributed by atoms with Gasteiger partial charge < -0.3 is 11.5 Å². The van der Waals surface area contributed by atoms with Crippen molar-refractivity contribution in [2.75, 3.05) is 6.67 Å². The number of hydrogen-bond acceptors (Lipinski definition) is 2. The zero-order valence-corrected chi connectivity index (χ0v) is 9.61. The Balaban J connectivity index is 0. The van der Waals surface area contributed by atoms with Crippen LogP contribution in [-0.2, 0) is 0 Å². The van der Waals surface area contributed by atoms with Crippen molar-refractivity contribution in [3.8, 4) is 0 Å². The molecular formula is C8H19ClFN5. The van der Waals surface area contributed by atoms with Gasteiger partial charge in [0.2, 0.25) is 0 Å². The fraction of sp³-hybridized carbons (Fsp3) is 0.750. The van der Waals surface area contributed by atoms with Gasteiger partial charge >= 0.3 is 0 Å². The van der Waals surface area contributed by atoms with E-state index in [4.69, 9.17) is 16.9 Å². The largest absolute Gasteiger partial charge is 0.370 e. The van der Waals surface area contributed by atoms with Crippen LogP contribution in [0.3, 0.4) is 0 Å². The first-order valence-corrected chi connectivity index (χ1v) is 4.60. The number of alkyl halides is 1. The van der Waals surface area contributed by atoms with Crippen molar-refractivity contribution in [1.82, 2.24) is 5.32 Å². The molecule has 0 aromatic heterocycles. The van der Waals surface area contributed by atoms with Crippen LogP contribution in [0.1, 0.15) is 26.2 Å². The van der Waals surface area contributed by atoms with Crippen LogP contribution in [0.5, 0.6) is 0 Å². The van der Waals surface area contributed by atoms with Crippen LogP contribution in [-0.4, -0.2) is 24.6 Å². The topological polar surface area (TPSA) is 100 Å². The van der Waals surface area contributed by atoms with Crippen molar-refractivity contribution >= 4 is 24.3 Å². The molecule has 0 aromatic rings. The molecule has 0 saturated carbocycles. The number of nitrogens with one attached hydrogen (secondary N) is 2. The number of nitrogens with two attached hydrogens (primary N) is 2. The first-order valence-electron chi connectivity index (χ1n) is 4.60. The van der Waals surface area contributed by atoms with Crippen molar-refractivity contribution in [1.29, 1.82) is 5.41 Å². The molecule has 0 fully saturated rings. The molecule has 0 radical (unpaired) electrons. The highest BCUT2D eigenvalue weighted by Crippen LogP contribution is 2.06. The van der Waals surface area contributed by atoms with Crippen molar-refractivity contribution in [2.24, 2.45) is 16.5 Å². The second-order valence-corrected chi connectivity index (χ2v) is 2.95. The van der Waals surface area contributed by atoms with E-state index in [1.165, 1.54) is 0 Å². The van der Waals surface area contributed by atoms with Gasteiger partial charge in [-0.1, -0.05) is 6.92 Å². The summed E-state index contributed by atoms with van der Waals surface area (Å²) >= 11 is 0. The third kappa shape index (κ3) is 9.27. The lowest BCUT2D eigenvalue weighted by Crippen LogP contribution is -2.41. The number of halogens is 2. The Labute approximate surface area is 95.4 Å². The summed E-state index contributed by atoms with van der Waals surface area (Å²) in [4.78, 5) is 4.07. The zero-order chi connectivity index (χ0) is 11.0. The molecule has 0 aliphatic carbocycles. The highest BCUT2D eigenvalue weighted by Gasteiger charge is 2.04. The molecule has 1 unspecified atom stereocenters. The Morgan fingerprint density at radius 2 is 2.13 bits per heavy atom. The number of rotatable bonds is 5. The van der Waals surface area contributed by atoms with E-state index in [0.29, 0.717) is 12.8 Å². The lowest BCUT2D eigenvalue weighted by molar-refractivity contribution is 0.438. The number of guanidine groups is 2. The van der Waals surface area contributed by atoms with Crippen molar-refractivity contribution in [3.05, 3.63) is 0 Å². The number of hydrogen-bond donors (Lipinski definition) is 4. The van der Waals surface area contributed by atoms with E-state index in [1.807, 2.05) is 6.92 Å². The minimum absolute atomic E-state index is 0. The second kappa shape index (κ2) is 9.51. The van der Waals surface area contributed by atoms with Crippen molar-refractivity contribution < 1.29 is 4.39 Å². The van der Waals surface area contributed by atoms with Crippen LogP contribution in [0, 0.1) is 5.41 Å². The Morgan fingerprint density at radius 3 is 2.53 bits per heavy atom. The molecule has 7 heteroatoms. The smallest absolute Gasteiger partial charge is 0.195 e. The van der Waals surface area contributed by atoms with Gasteiger partial charge in [-0.2, -0.15) is 0 Å². The van der Waals surface area contributed by atoms with E-state index in [2.05, 4.69) is 10.3 Å². The first-order chi connectivity index (χ1) is 6.60. The standard InChI is InChI=1S/C8H18FN5.ClH/c1-2-6(4-3-5-9)13-8(12)14-7(10)11;/h6H,2-5H2,1H3,(H6,10,11,12,13,14);1H. The molecule has 0 aliphatic rings. The summed E-state index contributed by atoms with van der Waals surface area (Å²) in [7, 11) is 0. The highest BCUT2D eigenvalue weighted by molar-refractivity contribution is 5.95. The van der Waals surface area contributed by atoms with E-state index in [-0.39, 0.29) is 37.0 Å². The average molecular weight is 240 g/mol. The van der Waals surface area contributed by atoms with Crippen molar-refractivity contribution in [2.45, 2.75) is 32.2 Å². The molecule has 0 saturated heterocycles. The zero-order valence-electron chi connectivity index (χ0n) is 8.79. The number of nitrogens with zero attached hydrogens (tertiary/aromatic N) is 1. The highest BCUT2D eigenvalue weighted by atomic mass is 35.5. The van der Waals surface area contributed by atoms with Gasteiger partial charge in [0.1, 0.15) is 0 Å². The van der Waals surface area contributed by atoms with Gasteiger partial charge in [-0.3, -0.25) is 15.1 Å². The molecule has 6 N–H and O–H groups in total. The van der Waals surface area contributed by atoms with Crippen LogP contribution in [0.2, 0.25) is 0 Å². The third-order valence-corrected chi connectivity index (χ3v) is 1.73. The normalized spacial score (nSPS) is 12.8. The van der Waals surface area contributed by atoms with Gasteiger partial charge in [-0.25, -0.2) is 4.99 Å². The Bertz CT molecular complexity index is 209. The maximum absolute atomic E-state index is 11.9. The van der Waals surface area contributed by atoms with Gasteiger partial charge in [0.05, 0.1) is 12.7 Å². The first kappa shape index (κ1) is 16.4. The van der Waals surface area contributed by atoms with Gasteiger partial charge in [0.15, 0.2) is 11.9 Å². The molecular weight excluding hydrogens is 221 g/mol. The lowest BCUT2D eigenvalue weighted by Gasteiger charge is -2.10. The van der Waals surface area contributed by atoms with E-state index in [0.717, 1.165) is 6.42 Å². The van der Waals surface area contributed by atoms with Crippen LogP contribution >= 0.6 is 12.4 Å². The molecule has 1 atom stereocenters. The molecule has 0 heterocycles. The minimum Gasteiger partial charge on any atom is -0.370 e. The van der Waals surface area contributed by atoms with Crippen LogP contribution in [0.25, 0.3) is 0 Å². The van der Waals surface area contributed by atoms with Crippen LogP contribution in [0.15, 0.2) is 4.99 Å². The summed E-state index contributed by atoms with van der Waals surface area (Å²) < 4.78 is 11.9. The van der Waals surface area contributed by atoms with E-state index in [1.54, 1.807) is 0 Å². The quantitative estimate of drug-likeness (QED) is 0.420. The molecule has 15 heavy (non-hydrogen) atoms. The lowest BCUT2D eigenvalue weighted by atomic mass is 10.1. The van der Waals surface area contributed by atoms with E-state index < -0.39 is 0 Å². The number of aliphatic imine (C=N–C) groups is 1. The second-order valence-electron chi connectivity index (χ2n) is 2.95. The maximum atomic E-state index is 11.9. The Kier molecular flexibility index (Phi) is 10.4. The summed E-state index contributed by atoms with van der Waals surface area (Å²) in [6.07, 6.45) is 1.93. The summed E-state index contributed by atoms with van der Waals surface area (Å²) in [5.41, 5.74) is 10.5. The fourth-order valence-electron chi connectivity index (χ4n) is 1.04. The monoisotopic (exact) mass is 239 g/mol. The summed E-state index contributed by atoms with van der Waals surface area (Å²) in [6.45, 7) is 1.61. The SMILES string of the molecule is CCC(CCCF)N=C(N)NC(=N)N.Cl. The van der Waals surface area contributed by atoms with Crippen LogP contribution in [0.4, 0.5) is 4.39 Å². The third-order valence-electron chi connectivity index (χ3n) is 1.73.